The Balaban J connectivity index is 2.96. The van der Waals surface area contributed by atoms with Gasteiger partial charge < -0.3 is 15.1 Å². The molecule has 9 heteroatoms. The van der Waals surface area contributed by atoms with Crippen LogP contribution in [-0.2, 0) is 4.57 Å². The molecule has 0 radical (unpaired) electrons. The normalized spacial score (nSPS) is 11.2. The molecule has 0 saturated carbocycles. The van der Waals surface area contributed by atoms with Gasteiger partial charge in [-0.05, 0) is 12.1 Å². The third kappa shape index (κ3) is 3.90. The smallest absolute Gasteiger partial charge is 0.344 e. The molecule has 3 N–H and O–H groups in total. The average Bonchev–Trinajstić information content (AvgIpc) is 2.14. The van der Waals surface area contributed by atoms with Crippen molar-refractivity contribution in [1.82, 2.24) is 0 Å². The van der Waals surface area contributed by atoms with Crippen molar-refractivity contribution in [2.24, 2.45) is 0 Å². The quantitative estimate of drug-likeness (QED) is 0.445. The van der Waals surface area contributed by atoms with E-state index in [0.29, 0.717) is 4.47 Å². The van der Waals surface area contributed by atoms with Gasteiger partial charge in [0.2, 0.25) is 0 Å². The van der Waals surface area contributed by atoms with Crippen molar-refractivity contribution in [3.8, 4) is 0 Å². The SMILES string of the molecule is O=[N+]([O-])c1cc(Br)ccc1NCP(=O)(O)O. The predicted octanol–water partition coefficient (Wildman–Crippen LogP) is 1.90. The summed E-state index contributed by atoms with van der Waals surface area (Å²) >= 11 is 3.07. The van der Waals surface area contributed by atoms with Crippen molar-refractivity contribution in [1.29, 1.82) is 0 Å². The number of hydrogen-bond donors (Lipinski definition) is 3. The molecule has 7 nitrogen and oxygen atoms in total. The van der Waals surface area contributed by atoms with E-state index in [-0.39, 0.29) is 11.4 Å². The maximum atomic E-state index is 10.6. The van der Waals surface area contributed by atoms with Crippen molar-refractivity contribution < 1.29 is 19.3 Å². The van der Waals surface area contributed by atoms with Crippen LogP contribution in [0.15, 0.2) is 22.7 Å². The van der Waals surface area contributed by atoms with Gasteiger partial charge in [0.05, 0.1) is 4.92 Å². The first kappa shape index (κ1) is 13.1. The zero-order valence-electron chi connectivity index (χ0n) is 7.83. The van der Waals surface area contributed by atoms with Gasteiger partial charge in [0.25, 0.3) is 5.69 Å². The molecule has 0 atom stereocenters. The minimum absolute atomic E-state index is 0.0662. The first-order valence-electron chi connectivity index (χ1n) is 4.02. The largest absolute Gasteiger partial charge is 0.368 e. The summed E-state index contributed by atoms with van der Waals surface area (Å²) in [6.07, 6.45) is -0.643. The molecule has 0 fully saturated rings. The van der Waals surface area contributed by atoms with Gasteiger partial charge in [0.1, 0.15) is 12.0 Å². The van der Waals surface area contributed by atoms with Gasteiger partial charge in [0.15, 0.2) is 0 Å². The lowest BCUT2D eigenvalue weighted by Crippen LogP contribution is -2.04. The lowest BCUT2D eigenvalue weighted by molar-refractivity contribution is -0.384. The van der Waals surface area contributed by atoms with Crippen LogP contribution in [0, 0.1) is 10.1 Å². The lowest BCUT2D eigenvalue weighted by Gasteiger charge is -2.08. The highest BCUT2D eigenvalue weighted by atomic mass is 79.9. The zero-order valence-corrected chi connectivity index (χ0v) is 10.3. The Hall–Kier alpha value is -0.950. The van der Waals surface area contributed by atoms with Crippen LogP contribution in [0.2, 0.25) is 0 Å². The molecule has 0 aliphatic heterocycles. The number of nitrogens with zero attached hydrogens (tertiary/aromatic N) is 1. The van der Waals surface area contributed by atoms with Crippen LogP contribution in [0.4, 0.5) is 11.4 Å². The molecule has 0 unspecified atom stereocenters. The summed E-state index contributed by atoms with van der Waals surface area (Å²) in [5.41, 5.74) is -0.181. The molecule has 0 aliphatic rings. The van der Waals surface area contributed by atoms with Gasteiger partial charge in [-0.1, -0.05) is 15.9 Å². The van der Waals surface area contributed by atoms with Gasteiger partial charge >= 0.3 is 7.60 Å². The van der Waals surface area contributed by atoms with Gasteiger partial charge in [-0.2, -0.15) is 0 Å². The number of anilines is 1. The minimum Gasteiger partial charge on any atom is -0.368 e. The summed E-state index contributed by atoms with van der Waals surface area (Å²) in [6, 6.07) is 4.16. The number of nitro benzene ring substituents is 1. The summed E-state index contributed by atoms with van der Waals surface area (Å²) in [5.74, 6) is 0. The Bertz CT molecular complexity index is 460. The third-order valence-corrected chi connectivity index (χ3v) is 2.70. The molecule has 0 heterocycles. The molecule has 1 rings (SSSR count). The maximum Gasteiger partial charge on any atom is 0.344 e. The molecule has 88 valence electrons. The fourth-order valence-electron chi connectivity index (χ4n) is 0.993. The molecule has 0 amide bonds. The predicted molar refractivity (Wildman–Crippen MR) is 61.3 cm³/mol. The van der Waals surface area contributed by atoms with Crippen molar-refractivity contribution >= 4 is 34.9 Å². The van der Waals surface area contributed by atoms with Crippen LogP contribution in [0.3, 0.4) is 0 Å². The highest BCUT2D eigenvalue weighted by Gasteiger charge is 2.18. The standard InChI is InChI=1S/C7H8BrN2O5P/c8-5-1-2-6(7(3-5)10(11)12)9-4-16(13,14)15/h1-3,9H,4H2,(H2,13,14,15). The molecule has 0 bridgehead atoms. The summed E-state index contributed by atoms with van der Waals surface area (Å²) in [6.45, 7) is 0. The minimum atomic E-state index is -4.24. The van der Waals surface area contributed by atoms with E-state index in [0.717, 1.165) is 0 Å². The van der Waals surface area contributed by atoms with E-state index in [1.54, 1.807) is 0 Å². The lowest BCUT2D eigenvalue weighted by atomic mass is 10.3. The Morgan fingerprint density at radius 3 is 2.62 bits per heavy atom. The summed E-state index contributed by atoms with van der Waals surface area (Å²) in [7, 11) is -4.24. The highest BCUT2D eigenvalue weighted by molar-refractivity contribution is 9.10. The number of rotatable bonds is 4. The monoisotopic (exact) mass is 310 g/mol. The van der Waals surface area contributed by atoms with E-state index in [4.69, 9.17) is 9.79 Å². The Kier molecular flexibility index (Phi) is 4.03. The van der Waals surface area contributed by atoms with Crippen LogP contribution in [0.5, 0.6) is 0 Å². The molecule has 0 spiro atoms. The summed E-state index contributed by atoms with van der Waals surface area (Å²) in [5, 5.41) is 13.0. The maximum absolute atomic E-state index is 10.6. The molecule has 0 aliphatic carbocycles. The van der Waals surface area contributed by atoms with Crippen molar-refractivity contribution in [3.05, 3.63) is 32.8 Å². The van der Waals surface area contributed by atoms with Crippen LogP contribution < -0.4 is 5.32 Å². The van der Waals surface area contributed by atoms with Gasteiger partial charge in [-0.15, -0.1) is 0 Å². The molecular formula is C7H8BrN2O5P. The molecule has 1 aromatic rings. The average molecular weight is 311 g/mol. The topological polar surface area (TPSA) is 113 Å². The van der Waals surface area contributed by atoms with Gasteiger partial charge in [0, 0.05) is 10.5 Å². The van der Waals surface area contributed by atoms with Crippen LogP contribution in [0.1, 0.15) is 0 Å². The second-order valence-electron chi connectivity index (χ2n) is 2.92. The first-order chi connectivity index (χ1) is 7.29. The zero-order chi connectivity index (χ0) is 12.3. The Morgan fingerprint density at radius 1 is 1.50 bits per heavy atom. The second kappa shape index (κ2) is 4.92. The second-order valence-corrected chi connectivity index (χ2v) is 5.48. The van der Waals surface area contributed by atoms with Crippen LogP contribution in [0.25, 0.3) is 0 Å². The van der Waals surface area contributed by atoms with Crippen molar-refractivity contribution in [2.45, 2.75) is 0 Å². The number of nitrogens with one attached hydrogen (secondary N) is 1. The van der Waals surface area contributed by atoms with E-state index in [9.17, 15) is 14.7 Å². The fourth-order valence-corrected chi connectivity index (χ4v) is 1.72. The van der Waals surface area contributed by atoms with Gasteiger partial charge in [-0.25, -0.2) is 0 Å². The molecular weight excluding hydrogens is 303 g/mol. The van der Waals surface area contributed by atoms with E-state index >= 15 is 0 Å². The number of halogens is 1. The van der Waals surface area contributed by atoms with E-state index in [1.807, 2.05) is 0 Å². The van der Waals surface area contributed by atoms with Gasteiger partial charge in [-0.3, -0.25) is 14.7 Å². The number of benzene rings is 1. The molecule has 16 heavy (non-hydrogen) atoms. The number of hydrogen-bond acceptors (Lipinski definition) is 4. The van der Waals surface area contributed by atoms with Crippen molar-refractivity contribution in [3.63, 3.8) is 0 Å². The van der Waals surface area contributed by atoms with E-state index in [2.05, 4.69) is 21.2 Å². The Labute approximate surface area is 98.9 Å². The van der Waals surface area contributed by atoms with Crippen LogP contribution >= 0.6 is 23.5 Å². The van der Waals surface area contributed by atoms with E-state index < -0.39 is 18.8 Å². The molecule has 0 aromatic heterocycles. The van der Waals surface area contributed by atoms with Crippen molar-refractivity contribution in [2.75, 3.05) is 11.6 Å². The first-order valence-corrected chi connectivity index (χ1v) is 6.61. The Morgan fingerprint density at radius 2 is 2.12 bits per heavy atom. The summed E-state index contributed by atoms with van der Waals surface area (Å²) < 4.78 is 11.1. The highest BCUT2D eigenvalue weighted by Crippen LogP contribution is 2.36. The van der Waals surface area contributed by atoms with Crippen LogP contribution in [-0.4, -0.2) is 21.0 Å². The third-order valence-electron chi connectivity index (χ3n) is 1.63. The fraction of sp³-hybridized carbons (Fsp3) is 0.143. The molecule has 1 aromatic carbocycles. The van der Waals surface area contributed by atoms with E-state index in [1.165, 1.54) is 18.2 Å². The molecule has 0 saturated heterocycles. The number of nitro groups is 1. The summed E-state index contributed by atoms with van der Waals surface area (Å²) in [4.78, 5) is 27.3.